The summed E-state index contributed by atoms with van der Waals surface area (Å²) in [5.74, 6) is 0.793. The molecule has 0 radical (unpaired) electrons. The number of alkyl halides is 1. The lowest BCUT2D eigenvalue weighted by molar-refractivity contribution is 0.279. The molecule has 2 rings (SSSR count). The smallest absolute Gasteiger partial charge is 0.0517 e. The lowest BCUT2D eigenvalue weighted by Gasteiger charge is -2.34. The second-order valence-electron chi connectivity index (χ2n) is 4.90. The molecule has 2 fully saturated rings. The van der Waals surface area contributed by atoms with E-state index in [4.69, 9.17) is 11.6 Å². The average Bonchev–Trinajstić information content (AvgIpc) is 2.30. The molecule has 14 heavy (non-hydrogen) atoms. The van der Waals surface area contributed by atoms with Crippen LogP contribution in [-0.2, 0) is 0 Å². The Balaban J connectivity index is 1.82. The molecular formula is C12H22ClN. The Morgan fingerprint density at radius 2 is 1.64 bits per heavy atom. The highest BCUT2D eigenvalue weighted by molar-refractivity contribution is 6.21. The van der Waals surface area contributed by atoms with E-state index < -0.39 is 0 Å². The molecule has 0 aromatic rings. The summed E-state index contributed by atoms with van der Waals surface area (Å²) < 4.78 is 0. The zero-order valence-electron chi connectivity index (χ0n) is 8.97. The Labute approximate surface area is 92.6 Å². The van der Waals surface area contributed by atoms with E-state index in [1.54, 1.807) is 0 Å². The first-order chi connectivity index (χ1) is 6.88. The lowest BCUT2D eigenvalue weighted by atomic mass is 9.83. The number of piperidine rings is 1. The van der Waals surface area contributed by atoms with E-state index in [1.807, 2.05) is 0 Å². The minimum atomic E-state index is 0.399. The van der Waals surface area contributed by atoms with Crippen LogP contribution in [0.4, 0.5) is 0 Å². The van der Waals surface area contributed by atoms with Crippen LogP contribution in [-0.4, -0.2) is 18.0 Å². The van der Waals surface area contributed by atoms with Crippen LogP contribution in [0.15, 0.2) is 0 Å². The molecular weight excluding hydrogens is 194 g/mol. The number of hydrogen-bond donors (Lipinski definition) is 1. The quantitative estimate of drug-likeness (QED) is 0.697. The summed E-state index contributed by atoms with van der Waals surface area (Å²) in [5.41, 5.74) is 0. The van der Waals surface area contributed by atoms with Crippen molar-refractivity contribution < 1.29 is 0 Å². The van der Waals surface area contributed by atoms with Crippen LogP contribution in [0.1, 0.15) is 51.4 Å². The van der Waals surface area contributed by atoms with Gasteiger partial charge in [0.2, 0.25) is 0 Å². The van der Waals surface area contributed by atoms with Crippen LogP contribution >= 0.6 is 11.6 Å². The van der Waals surface area contributed by atoms with Crippen LogP contribution in [0.2, 0.25) is 0 Å². The molecule has 1 saturated heterocycles. The minimum Gasteiger partial charge on any atom is -0.313 e. The van der Waals surface area contributed by atoms with Crippen LogP contribution in [0.5, 0.6) is 0 Å². The third-order valence-electron chi connectivity index (χ3n) is 3.83. The van der Waals surface area contributed by atoms with Gasteiger partial charge < -0.3 is 5.32 Å². The fourth-order valence-corrected chi connectivity index (χ4v) is 3.40. The third-order valence-corrected chi connectivity index (χ3v) is 4.49. The normalized spacial score (nSPS) is 32.8. The van der Waals surface area contributed by atoms with Crippen molar-refractivity contribution in [3.05, 3.63) is 0 Å². The van der Waals surface area contributed by atoms with E-state index in [0.717, 1.165) is 5.92 Å². The van der Waals surface area contributed by atoms with Crippen LogP contribution in [0, 0.1) is 5.92 Å². The van der Waals surface area contributed by atoms with Crippen LogP contribution in [0.3, 0.4) is 0 Å². The first-order valence-corrected chi connectivity index (χ1v) is 6.69. The van der Waals surface area contributed by atoms with Gasteiger partial charge in [-0.2, -0.15) is 0 Å². The molecule has 1 heterocycles. The topological polar surface area (TPSA) is 12.0 Å². The molecule has 0 amide bonds. The number of rotatable bonds is 2. The Hall–Kier alpha value is 0.250. The summed E-state index contributed by atoms with van der Waals surface area (Å²) in [6.07, 6.45) is 11.0. The molecule has 1 saturated carbocycles. The largest absolute Gasteiger partial charge is 0.313 e. The number of halogens is 1. The van der Waals surface area contributed by atoms with E-state index in [9.17, 15) is 0 Å². The van der Waals surface area contributed by atoms with E-state index in [0.29, 0.717) is 11.4 Å². The highest BCUT2D eigenvalue weighted by Crippen LogP contribution is 2.32. The van der Waals surface area contributed by atoms with E-state index in [2.05, 4.69) is 5.32 Å². The second-order valence-corrected chi connectivity index (χ2v) is 5.40. The predicted octanol–water partition coefficient (Wildman–Crippen LogP) is 3.32. The van der Waals surface area contributed by atoms with E-state index in [1.165, 1.54) is 57.9 Å². The third kappa shape index (κ3) is 2.64. The van der Waals surface area contributed by atoms with Crippen molar-refractivity contribution in [3.63, 3.8) is 0 Å². The second kappa shape index (κ2) is 5.37. The van der Waals surface area contributed by atoms with Gasteiger partial charge in [-0.1, -0.05) is 25.7 Å². The average molecular weight is 216 g/mol. The van der Waals surface area contributed by atoms with Gasteiger partial charge in [-0.15, -0.1) is 11.6 Å². The summed E-state index contributed by atoms with van der Waals surface area (Å²) in [5, 5.41) is 3.98. The maximum atomic E-state index is 6.58. The molecule has 1 N–H and O–H groups in total. The van der Waals surface area contributed by atoms with Crippen molar-refractivity contribution in [2.24, 2.45) is 5.92 Å². The van der Waals surface area contributed by atoms with Gasteiger partial charge in [-0.05, 0) is 38.1 Å². The molecule has 1 aliphatic carbocycles. The highest BCUT2D eigenvalue weighted by Gasteiger charge is 2.29. The van der Waals surface area contributed by atoms with Gasteiger partial charge >= 0.3 is 0 Å². The maximum Gasteiger partial charge on any atom is 0.0517 e. The molecule has 82 valence electrons. The minimum absolute atomic E-state index is 0.399. The highest BCUT2D eigenvalue weighted by atomic mass is 35.5. The fourth-order valence-electron chi connectivity index (χ4n) is 2.93. The monoisotopic (exact) mass is 215 g/mol. The Morgan fingerprint density at radius 3 is 2.29 bits per heavy atom. The molecule has 0 spiro atoms. The standard InChI is InChI=1S/C12H22ClN/c13-12(10-6-2-1-3-7-10)11-8-4-5-9-14-11/h10-12,14H,1-9H2. The molecule has 2 atom stereocenters. The van der Waals surface area contributed by atoms with Crippen molar-refractivity contribution in [2.45, 2.75) is 62.8 Å². The molecule has 2 aliphatic rings. The molecule has 2 heteroatoms. The van der Waals surface area contributed by atoms with Crippen molar-refractivity contribution in [2.75, 3.05) is 6.54 Å². The number of hydrogen-bond acceptors (Lipinski definition) is 1. The Bertz CT molecular complexity index is 142. The van der Waals surface area contributed by atoms with E-state index in [-0.39, 0.29) is 0 Å². The van der Waals surface area contributed by atoms with Crippen LogP contribution in [0.25, 0.3) is 0 Å². The van der Waals surface area contributed by atoms with Gasteiger partial charge in [0.1, 0.15) is 0 Å². The van der Waals surface area contributed by atoms with Gasteiger partial charge in [0, 0.05) is 6.04 Å². The molecule has 0 aromatic heterocycles. The lowest BCUT2D eigenvalue weighted by Crippen LogP contribution is -2.44. The Kier molecular flexibility index (Phi) is 4.12. The molecule has 2 unspecified atom stereocenters. The summed E-state index contributed by atoms with van der Waals surface area (Å²) in [4.78, 5) is 0. The van der Waals surface area contributed by atoms with Crippen molar-refractivity contribution in [1.82, 2.24) is 5.32 Å². The van der Waals surface area contributed by atoms with Gasteiger partial charge in [-0.25, -0.2) is 0 Å². The molecule has 0 aromatic carbocycles. The van der Waals surface area contributed by atoms with Gasteiger partial charge in [0.15, 0.2) is 0 Å². The fraction of sp³-hybridized carbons (Fsp3) is 1.00. The van der Waals surface area contributed by atoms with Gasteiger partial charge in [0.25, 0.3) is 0 Å². The van der Waals surface area contributed by atoms with Crippen molar-refractivity contribution in [1.29, 1.82) is 0 Å². The van der Waals surface area contributed by atoms with Crippen molar-refractivity contribution in [3.8, 4) is 0 Å². The zero-order chi connectivity index (χ0) is 9.80. The van der Waals surface area contributed by atoms with Crippen molar-refractivity contribution >= 4 is 11.6 Å². The van der Waals surface area contributed by atoms with Gasteiger partial charge in [0.05, 0.1) is 5.38 Å². The zero-order valence-corrected chi connectivity index (χ0v) is 9.73. The predicted molar refractivity (Wildman–Crippen MR) is 61.9 cm³/mol. The Morgan fingerprint density at radius 1 is 0.929 bits per heavy atom. The molecule has 1 aliphatic heterocycles. The maximum absolute atomic E-state index is 6.58. The summed E-state index contributed by atoms with van der Waals surface area (Å²) in [6, 6.07) is 0.605. The first-order valence-electron chi connectivity index (χ1n) is 6.25. The SMILES string of the molecule is ClC(C1CCCCC1)C1CCCCN1. The summed E-state index contributed by atoms with van der Waals surface area (Å²) in [7, 11) is 0. The molecule has 1 nitrogen and oxygen atoms in total. The first kappa shape index (κ1) is 10.8. The van der Waals surface area contributed by atoms with Gasteiger partial charge in [-0.3, -0.25) is 0 Å². The van der Waals surface area contributed by atoms with E-state index >= 15 is 0 Å². The molecule has 0 bridgehead atoms. The number of nitrogens with one attached hydrogen (secondary N) is 1. The van der Waals surface area contributed by atoms with Crippen LogP contribution < -0.4 is 5.32 Å². The summed E-state index contributed by atoms with van der Waals surface area (Å²) in [6.45, 7) is 1.18. The summed E-state index contributed by atoms with van der Waals surface area (Å²) >= 11 is 6.58.